The predicted molar refractivity (Wildman–Crippen MR) is 83.1 cm³/mol. The van der Waals surface area contributed by atoms with Crippen LogP contribution in [0.3, 0.4) is 0 Å². The molecule has 0 bridgehead atoms. The second kappa shape index (κ2) is 6.49. The molecule has 2 fully saturated rings. The third-order valence-corrected chi connectivity index (χ3v) is 4.66. The summed E-state index contributed by atoms with van der Waals surface area (Å²) in [7, 11) is 1.71. The van der Waals surface area contributed by atoms with E-state index in [4.69, 9.17) is 4.74 Å². The van der Waals surface area contributed by atoms with E-state index >= 15 is 0 Å². The Labute approximate surface area is 122 Å². The number of nitrogens with zero attached hydrogens (tertiary/aromatic N) is 2. The van der Waals surface area contributed by atoms with Crippen molar-refractivity contribution in [2.24, 2.45) is 0 Å². The highest BCUT2D eigenvalue weighted by atomic mass is 16.5. The average molecular weight is 273 g/mol. The summed E-state index contributed by atoms with van der Waals surface area (Å²) in [4.78, 5) is 5.04. The predicted octanol–water partition coefficient (Wildman–Crippen LogP) is 3.31. The van der Waals surface area contributed by atoms with Crippen LogP contribution in [0.15, 0.2) is 24.3 Å². The lowest BCUT2D eigenvalue weighted by Crippen LogP contribution is -2.48. The number of methoxy groups -OCH3 is 1. The summed E-state index contributed by atoms with van der Waals surface area (Å²) >= 11 is 0. The lowest BCUT2D eigenvalue weighted by molar-refractivity contribution is 0.158. The van der Waals surface area contributed by atoms with Gasteiger partial charge in [0, 0.05) is 31.4 Å². The average Bonchev–Trinajstić information content (AvgIpc) is 2.56. The Bertz CT molecular complexity index is 404. The molecule has 3 heteroatoms. The van der Waals surface area contributed by atoms with Crippen molar-refractivity contribution in [1.82, 2.24) is 4.90 Å². The van der Waals surface area contributed by atoms with Gasteiger partial charge in [-0.25, -0.2) is 0 Å². The molecule has 1 aromatic rings. The van der Waals surface area contributed by atoms with E-state index < -0.39 is 0 Å². The summed E-state index contributed by atoms with van der Waals surface area (Å²) in [5, 5.41) is 0. The molecule has 1 heterocycles. The molecule has 0 amide bonds. The van der Waals surface area contributed by atoms with Gasteiger partial charge in [-0.1, -0.05) is 19.3 Å². The van der Waals surface area contributed by atoms with Gasteiger partial charge in [0.15, 0.2) is 0 Å². The molecule has 0 aromatic heterocycles. The van der Waals surface area contributed by atoms with Crippen molar-refractivity contribution in [2.45, 2.75) is 38.1 Å². The van der Waals surface area contributed by atoms with Crippen LogP contribution in [0.4, 0.5) is 5.69 Å². The number of ether oxygens (including phenoxy) is 1. The van der Waals surface area contributed by atoms with Crippen molar-refractivity contribution in [1.29, 1.82) is 0 Å². The van der Waals surface area contributed by atoms with E-state index in [1.54, 1.807) is 7.11 Å². The quantitative estimate of drug-likeness (QED) is 0.840. The van der Waals surface area contributed by atoms with E-state index in [0.717, 1.165) is 24.9 Å². The van der Waals surface area contributed by atoms with E-state index in [-0.39, 0.29) is 0 Å². The van der Waals surface area contributed by atoms with Gasteiger partial charge in [-0.2, -0.15) is 0 Å². The smallest absolute Gasteiger partial charge is 0.119 e. The van der Waals surface area contributed by atoms with Gasteiger partial charge in [-0.3, -0.25) is 4.90 Å². The number of piperazine rings is 1. The number of hydrogen-bond acceptors (Lipinski definition) is 3. The number of rotatable bonds is 3. The number of anilines is 1. The molecule has 3 rings (SSSR count). The first-order valence-electron chi connectivity index (χ1n) is 7.85. The zero-order chi connectivity index (χ0) is 13.8. The number of benzene rings is 1. The van der Waals surface area contributed by atoms with Crippen molar-refractivity contribution in [3.63, 3.8) is 0 Å². The van der Waals surface area contributed by atoms with Crippen LogP contribution in [0.1, 0.15) is 32.1 Å². The first-order chi connectivity index (χ1) is 9.86. The lowest BCUT2D eigenvalue weighted by atomic mass is 9.94. The minimum atomic E-state index is 0.831. The van der Waals surface area contributed by atoms with Gasteiger partial charge in [-0.05, 0) is 37.1 Å². The minimum absolute atomic E-state index is 0.831. The summed E-state index contributed by atoms with van der Waals surface area (Å²) in [5.41, 5.74) is 1.27. The summed E-state index contributed by atoms with van der Waals surface area (Å²) < 4.78 is 5.22. The monoisotopic (exact) mass is 273 g/mol. The zero-order valence-electron chi connectivity index (χ0n) is 12.4. The summed E-state index contributed by atoms with van der Waals surface area (Å²) in [5.74, 6) is 0.926. The Morgan fingerprint density at radius 1 is 1.00 bits per heavy atom. The van der Waals surface area contributed by atoms with Crippen molar-refractivity contribution in [3.8, 4) is 5.75 Å². The molecule has 1 aliphatic carbocycles. The highest BCUT2D eigenvalue weighted by molar-refractivity contribution is 5.51. The Hall–Kier alpha value is -1.22. The fourth-order valence-electron chi connectivity index (χ4n) is 3.41. The molecule has 3 nitrogen and oxygen atoms in total. The maximum atomic E-state index is 5.22. The van der Waals surface area contributed by atoms with Crippen molar-refractivity contribution >= 4 is 5.69 Å². The summed E-state index contributed by atoms with van der Waals surface area (Å²) in [6.45, 7) is 5.73. The Kier molecular flexibility index (Phi) is 4.46. The largest absolute Gasteiger partial charge is 0.497 e. The van der Waals surface area contributed by atoms with Gasteiger partial charge in [0.1, 0.15) is 5.75 Å². The molecule has 2 aliphatic rings. The summed E-state index contributed by atoms with van der Waals surface area (Å²) in [6, 6.07) is 9.20. The standard InChI is InChI=1S/C17H25N2O/c1-20-17-9-7-16(8-10-17)19-13-11-18(12-14-19)15-5-3-2-4-6-15/h7-10,13,15H,2-6,11-12,14H2,1H3. The van der Waals surface area contributed by atoms with Crippen LogP contribution in [0.5, 0.6) is 5.75 Å². The zero-order valence-corrected chi connectivity index (χ0v) is 12.4. The molecule has 0 atom stereocenters. The van der Waals surface area contributed by atoms with Crippen LogP contribution >= 0.6 is 0 Å². The fourth-order valence-corrected chi connectivity index (χ4v) is 3.41. The second-order valence-electron chi connectivity index (χ2n) is 5.86. The van der Waals surface area contributed by atoms with Crippen molar-refractivity contribution in [2.75, 3.05) is 31.6 Å². The third-order valence-electron chi connectivity index (χ3n) is 4.66. The van der Waals surface area contributed by atoms with E-state index in [9.17, 15) is 0 Å². The van der Waals surface area contributed by atoms with E-state index in [2.05, 4.69) is 28.5 Å². The molecule has 109 valence electrons. The molecule has 1 saturated heterocycles. The van der Waals surface area contributed by atoms with Gasteiger partial charge in [0.25, 0.3) is 0 Å². The molecular formula is C17H25N2O. The molecule has 1 aliphatic heterocycles. The molecule has 20 heavy (non-hydrogen) atoms. The van der Waals surface area contributed by atoms with Crippen LogP contribution in [-0.4, -0.2) is 37.7 Å². The maximum Gasteiger partial charge on any atom is 0.119 e. The van der Waals surface area contributed by atoms with E-state index in [1.165, 1.54) is 44.3 Å². The van der Waals surface area contributed by atoms with Crippen LogP contribution in [0.25, 0.3) is 0 Å². The Balaban J connectivity index is 1.54. The summed E-state index contributed by atoms with van der Waals surface area (Å²) in [6.07, 6.45) is 7.07. The molecule has 1 aromatic carbocycles. The van der Waals surface area contributed by atoms with Crippen LogP contribution in [-0.2, 0) is 0 Å². The Morgan fingerprint density at radius 3 is 2.35 bits per heavy atom. The van der Waals surface area contributed by atoms with Gasteiger partial charge in [-0.15, -0.1) is 0 Å². The SMILES string of the molecule is COc1ccc(N2[CH]CN(C3CCCCC3)CC2)cc1. The molecule has 1 saturated carbocycles. The number of hydrogen-bond donors (Lipinski definition) is 0. The normalized spacial score (nSPS) is 21.9. The van der Waals surface area contributed by atoms with Crippen LogP contribution < -0.4 is 9.64 Å². The third kappa shape index (κ3) is 3.09. The molecule has 0 unspecified atom stereocenters. The minimum Gasteiger partial charge on any atom is -0.497 e. The van der Waals surface area contributed by atoms with Gasteiger partial charge < -0.3 is 9.64 Å². The molecule has 0 N–H and O–H groups in total. The molecule has 0 spiro atoms. The highest BCUT2D eigenvalue weighted by Crippen LogP contribution is 2.26. The van der Waals surface area contributed by atoms with Gasteiger partial charge in [0.2, 0.25) is 0 Å². The van der Waals surface area contributed by atoms with Crippen molar-refractivity contribution < 1.29 is 4.74 Å². The van der Waals surface area contributed by atoms with Crippen molar-refractivity contribution in [3.05, 3.63) is 30.8 Å². The van der Waals surface area contributed by atoms with Crippen LogP contribution in [0.2, 0.25) is 0 Å². The fraction of sp³-hybridized carbons (Fsp3) is 0.588. The van der Waals surface area contributed by atoms with Gasteiger partial charge in [0.05, 0.1) is 13.7 Å². The second-order valence-corrected chi connectivity index (χ2v) is 5.86. The lowest BCUT2D eigenvalue weighted by Gasteiger charge is -2.41. The van der Waals surface area contributed by atoms with E-state index in [1.807, 2.05) is 12.1 Å². The first-order valence-corrected chi connectivity index (χ1v) is 7.85. The first kappa shape index (κ1) is 13.7. The molecular weight excluding hydrogens is 248 g/mol. The molecule has 1 radical (unpaired) electrons. The highest BCUT2D eigenvalue weighted by Gasteiger charge is 2.25. The van der Waals surface area contributed by atoms with Gasteiger partial charge >= 0.3 is 0 Å². The maximum absolute atomic E-state index is 5.22. The topological polar surface area (TPSA) is 15.7 Å². The van der Waals surface area contributed by atoms with E-state index in [0.29, 0.717) is 0 Å². The Morgan fingerprint density at radius 2 is 1.75 bits per heavy atom. The van der Waals surface area contributed by atoms with Crippen LogP contribution in [0, 0.1) is 6.54 Å².